The van der Waals surface area contributed by atoms with Crippen LogP contribution in [0, 0.1) is 0 Å². The van der Waals surface area contributed by atoms with Crippen LogP contribution in [0.25, 0.3) is 0 Å². The summed E-state index contributed by atoms with van der Waals surface area (Å²) in [5, 5.41) is 6.35. The molecule has 6 aromatic carbocycles. The first-order valence-electron chi connectivity index (χ1n) is 40.2. The van der Waals surface area contributed by atoms with Crippen LogP contribution in [0.2, 0.25) is 0 Å². The largest absolute Gasteiger partial charge is 0.491 e. The lowest BCUT2D eigenvalue weighted by atomic mass is 9.79. The zero-order chi connectivity index (χ0) is 78.2. The third-order valence-electron chi connectivity index (χ3n) is 20.8. The van der Waals surface area contributed by atoms with E-state index in [1.807, 2.05) is 0 Å². The molecule has 16 bridgehead atoms. The van der Waals surface area contributed by atoms with E-state index in [-0.39, 0.29) is 85.3 Å². The van der Waals surface area contributed by atoms with Crippen molar-refractivity contribution in [3.8, 4) is 34.5 Å². The molecule has 108 heavy (non-hydrogen) atoms. The highest BCUT2D eigenvalue weighted by atomic mass is 16.6. The van der Waals surface area contributed by atoms with Gasteiger partial charge in [0.15, 0.2) is 0 Å². The fraction of sp³-hybridized carbons (Fsp3) is 0.587. The first-order valence-corrected chi connectivity index (χ1v) is 40.2. The molecule has 6 N–H and O–H groups in total. The molecule has 0 fully saturated rings. The molecule has 0 atom stereocenters. The first-order chi connectivity index (χ1) is 51.1. The molecular formula is C92H132N4O12. The molecule has 0 radical (unpaired) electrons. The second-order valence-electron chi connectivity index (χ2n) is 36.2. The summed E-state index contributed by atoms with van der Waals surface area (Å²) in [6.45, 7) is 46.0. The number of ether oxygens (including phenoxy) is 10. The maximum atomic E-state index is 14.9. The summed E-state index contributed by atoms with van der Waals surface area (Å²) >= 11 is 0. The number of fused-ring (bicyclic) bond motifs is 18. The van der Waals surface area contributed by atoms with Gasteiger partial charge in [0.2, 0.25) is 0 Å². The third-order valence-corrected chi connectivity index (χ3v) is 20.8. The molecule has 0 saturated carbocycles. The van der Waals surface area contributed by atoms with E-state index >= 15 is 0 Å². The number of benzene rings is 6. The van der Waals surface area contributed by atoms with E-state index in [1.165, 1.54) is 0 Å². The molecule has 4 heterocycles. The number of nitrogens with two attached hydrogens (primary N) is 2. The molecule has 0 aromatic heterocycles. The van der Waals surface area contributed by atoms with E-state index in [4.69, 9.17) is 58.8 Å². The predicted molar refractivity (Wildman–Crippen MR) is 436 cm³/mol. The summed E-state index contributed by atoms with van der Waals surface area (Å²) in [7, 11) is 0. The maximum Gasteiger partial charge on any atom is 0.412 e. The fourth-order valence-corrected chi connectivity index (χ4v) is 14.3. The molecule has 0 saturated heterocycles. The maximum absolute atomic E-state index is 14.9. The van der Waals surface area contributed by atoms with Crippen LogP contribution in [0.3, 0.4) is 0 Å². The van der Waals surface area contributed by atoms with Gasteiger partial charge in [0.05, 0.1) is 52.9 Å². The van der Waals surface area contributed by atoms with Crippen molar-refractivity contribution in [3.63, 3.8) is 0 Å². The Morgan fingerprint density at radius 3 is 0.676 bits per heavy atom. The van der Waals surface area contributed by atoms with Crippen molar-refractivity contribution in [1.29, 1.82) is 0 Å². The Hall–Kier alpha value is -7.18. The molecular weight excluding hydrogens is 1350 g/mol. The Labute approximate surface area is 647 Å². The monoisotopic (exact) mass is 1480 g/mol. The van der Waals surface area contributed by atoms with Gasteiger partial charge in [0.25, 0.3) is 0 Å². The van der Waals surface area contributed by atoms with Gasteiger partial charge in [-0.1, -0.05) is 223 Å². The van der Waals surface area contributed by atoms with Gasteiger partial charge in [-0.3, -0.25) is 0 Å². The van der Waals surface area contributed by atoms with Crippen molar-refractivity contribution in [2.24, 2.45) is 11.5 Å². The summed E-state index contributed by atoms with van der Waals surface area (Å²) in [6, 6.07) is 27.4. The summed E-state index contributed by atoms with van der Waals surface area (Å²) in [4.78, 5) is 29.9. The predicted octanol–water partition coefficient (Wildman–Crippen LogP) is 18.2. The van der Waals surface area contributed by atoms with Crippen molar-refractivity contribution < 1.29 is 57.0 Å². The van der Waals surface area contributed by atoms with Crippen LogP contribution >= 0.6 is 0 Å². The average molecular weight is 1490 g/mol. The Morgan fingerprint density at radius 1 is 0.287 bits per heavy atom. The molecule has 4 aliphatic rings. The lowest BCUT2D eigenvalue weighted by Gasteiger charge is -2.29. The topological polar surface area (TPSA) is 203 Å². The zero-order valence-corrected chi connectivity index (χ0v) is 69.2. The van der Waals surface area contributed by atoms with Gasteiger partial charge < -0.3 is 69.5 Å². The smallest absolute Gasteiger partial charge is 0.412 e. The second-order valence-corrected chi connectivity index (χ2v) is 36.2. The number of carbonyl (C=O) groups excluding carboxylic acids is 2. The first kappa shape index (κ1) is 84.8. The van der Waals surface area contributed by atoms with E-state index in [0.29, 0.717) is 126 Å². The van der Waals surface area contributed by atoms with Gasteiger partial charge in [-0.2, -0.15) is 0 Å². The molecule has 0 unspecified atom stereocenters. The number of unbranched alkanes of at least 4 members (excludes halogenated alkanes) is 6. The van der Waals surface area contributed by atoms with Crippen molar-refractivity contribution in [2.75, 3.05) is 105 Å². The van der Waals surface area contributed by atoms with Crippen LogP contribution in [-0.4, -0.2) is 118 Å². The van der Waals surface area contributed by atoms with E-state index in [9.17, 15) is 9.59 Å². The summed E-state index contributed by atoms with van der Waals surface area (Å²) in [6.07, 6.45) is 8.28. The highest BCUT2D eigenvalue weighted by Crippen LogP contribution is 2.47. The highest BCUT2D eigenvalue weighted by Gasteiger charge is 2.33. The Bertz CT molecular complexity index is 3540. The van der Waals surface area contributed by atoms with Crippen LogP contribution in [0.4, 0.5) is 9.59 Å². The summed E-state index contributed by atoms with van der Waals surface area (Å²) in [5.74, 6) is 3.79. The molecule has 0 aliphatic carbocycles. The molecule has 0 spiro atoms. The van der Waals surface area contributed by atoms with Gasteiger partial charge in [0.1, 0.15) is 60.9 Å². The minimum Gasteiger partial charge on any atom is -0.491 e. The molecule has 6 aromatic rings. The molecule has 10 rings (SSSR count). The van der Waals surface area contributed by atoms with E-state index < -0.39 is 12.2 Å². The highest BCUT2D eigenvalue weighted by molar-refractivity contribution is 5.74. The van der Waals surface area contributed by atoms with Crippen molar-refractivity contribution in [2.45, 2.75) is 247 Å². The average Bonchev–Trinajstić information content (AvgIpc) is 0.776. The van der Waals surface area contributed by atoms with Crippen LogP contribution in [0.5, 0.6) is 34.5 Å². The van der Waals surface area contributed by atoms with Crippen molar-refractivity contribution in [3.05, 3.63) is 173 Å². The van der Waals surface area contributed by atoms with Gasteiger partial charge in [0, 0.05) is 73.9 Å². The molecule has 16 heteroatoms. The van der Waals surface area contributed by atoms with Crippen molar-refractivity contribution >= 4 is 12.2 Å². The van der Waals surface area contributed by atoms with Crippen LogP contribution in [0.15, 0.2) is 72.8 Å². The zero-order valence-electron chi connectivity index (χ0n) is 69.2. The van der Waals surface area contributed by atoms with Gasteiger partial charge in [-0.15, -0.1) is 0 Å². The number of hydrogen-bond donors (Lipinski definition) is 4. The Morgan fingerprint density at radius 2 is 0.472 bits per heavy atom. The number of carbonyl (C=O) groups is 2. The summed E-state index contributed by atoms with van der Waals surface area (Å²) < 4.78 is 69.0. The lowest BCUT2D eigenvalue weighted by molar-refractivity contribution is 0.0268. The molecule has 592 valence electrons. The van der Waals surface area contributed by atoms with Crippen LogP contribution < -0.4 is 50.5 Å². The van der Waals surface area contributed by atoms with Gasteiger partial charge in [-0.25, -0.2) is 9.59 Å². The van der Waals surface area contributed by atoms with Crippen molar-refractivity contribution in [1.82, 2.24) is 10.6 Å². The van der Waals surface area contributed by atoms with E-state index in [2.05, 4.69) is 208 Å². The second kappa shape index (κ2) is 37.7. The minimum atomic E-state index is -0.525. The number of nitrogens with one attached hydrogen (secondary N) is 2. The number of amides is 2. The SMILES string of the molecule is CC(C)(C)c1cc2c3c(c1)Cc1cc(C(C)(C)C)cc(c1OC(=O)NCCCCCCN)Cc1cc(C(C)(C)C)cc4c1OCCOCCOCCOc1c(cc(C(C)(C)C)cc1Cc1cc(C(C)(C)C)cc(c1OC(=O)NCCCCCCN)Cc1cc(C(C)(C)C)cc(c1OCCOCCOCCO3)C4)C2. The Balaban J connectivity index is 1.48. The van der Waals surface area contributed by atoms with Crippen LogP contribution in [-0.2, 0) is 90.0 Å². The lowest BCUT2D eigenvalue weighted by Crippen LogP contribution is -2.29. The molecule has 4 aliphatic heterocycles. The third kappa shape index (κ3) is 23.9. The molecule has 16 nitrogen and oxygen atoms in total. The quantitative estimate of drug-likeness (QED) is 0.0591. The number of rotatable bonds is 14. The van der Waals surface area contributed by atoms with E-state index in [0.717, 1.165) is 152 Å². The minimum absolute atomic E-state index is 0.225. The summed E-state index contributed by atoms with van der Waals surface area (Å²) in [5.41, 5.74) is 27.1. The van der Waals surface area contributed by atoms with Gasteiger partial charge in [-0.05, 0) is 149 Å². The fourth-order valence-electron chi connectivity index (χ4n) is 14.3. The van der Waals surface area contributed by atoms with Crippen LogP contribution in [0.1, 0.15) is 276 Å². The Kier molecular flexibility index (Phi) is 29.6. The standard InChI is InChI=1S/C92H132N4O12/c1-87(2,3)73-49-61-43-62-50-74(88(4,5)6)54-66-46-71-59-78(92(16,17)18)60-72(84(71)108-86(98)96-30-26-22-20-24-28-94)48-68-56-76(90(10,11)12)52-64-44-63-51-75(89(7,8)9)55-67(81(63)105-41-38-102-34-33-100-36-40-104-80(62)66)47-70-58-77(91(13,14)15)57-69(83(70)107-85(97)95-29-25-21-19-23-27-93)45-65(53-73)79(61)103-39-35-99-31-32-101-37-42-106-82(64)68/h49-60H,19-48,93-94H2,1-18H3,(H,95,97)(H,96,98). The van der Waals surface area contributed by atoms with E-state index in [1.54, 1.807) is 0 Å². The number of hydrogen-bond acceptors (Lipinski definition) is 14. The molecule has 2 amide bonds. The van der Waals surface area contributed by atoms with Gasteiger partial charge >= 0.3 is 12.2 Å². The normalized spacial score (nSPS) is 15.6.